The first kappa shape index (κ1) is 63.4. The number of imide groups is 1. The van der Waals surface area contributed by atoms with E-state index in [-0.39, 0.29) is 97.2 Å². The molecule has 436 valence electrons. The van der Waals surface area contributed by atoms with Crippen LogP contribution in [0, 0.1) is 35.4 Å². The number of carbonyl (C=O) groups is 8. The Labute approximate surface area is 465 Å². The van der Waals surface area contributed by atoms with E-state index in [0.717, 1.165) is 6.42 Å². The average Bonchev–Trinajstić information content (AvgIpc) is 4.00. The van der Waals surface area contributed by atoms with E-state index in [1.807, 2.05) is 41.5 Å². The highest BCUT2D eigenvalue weighted by molar-refractivity contribution is 6.12. The smallest absolute Gasteiger partial charge is 0.329 e. The Balaban J connectivity index is 1.27. The molecule has 3 aliphatic rings. The first-order valence-corrected chi connectivity index (χ1v) is 27.7. The number of hydrogen-bond donors (Lipinski definition) is 2. The average molecular weight is 1110 g/mol. The third kappa shape index (κ3) is 15.9. The topological polar surface area (TPSA) is 220 Å². The fraction of sp³-hybridized carbons (Fsp3) is 0.627. The number of unbranched alkanes of at least 4 members (excludes halogenated alkanes) is 2. The molecule has 1 saturated carbocycles. The van der Waals surface area contributed by atoms with E-state index in [0.29, 0.717) is 49.2 Å². The summed E-state index contributed by atoms with van der Waals surface area (Å²) in [4.78, 5) is 115. The van der Waals surface area contributed by atoms with Crippen molar-refractivity contribution in [2.45, 2.75) is 161 Å². The molecule has 0 aromatic heterocycles. The number of esters is 1. The monoisotopic (exact) mass is 1100 g/mol. The van der Waals surface area contributed by atoms with Gasteiger partial charge < -0.3 is 49.0 Å². The summed E-state index contributed by atoms with van der Waals surface area (Å²) >= 11 is 0. The number of fused-ring (bicyclic) bond motifs is 1. The quantitative estimate of drug-likeness (QED) is 0.0531. The van der Waals surface area contributed by atoms with Crippen molar-refractivity contribution in [2.24, 2.45) is 29.6 Å². The fourth-order valence-electron chi connectivity index (χ4n) is 11.2. The van der Waals surface area contributed by atoms with Gasteiger partial charge >= 0.3 is 5.97 Å². The number of benzene rings is 2. The Hall–Kier alpha value is -6.41. The standard InChI is InChI=1S/C59H85FN6O13/c1-14-36(6)54(64(9)58(73)52(34(2)3)62-57(72)53(35(4)5)63(8)48(67)22-16-15-19-27-65-49(68)25-26-50(65)69)47(77-12)32-51(70)66-44-29-40(44)30-45(66)55(78-13)37(7)56(71)61-43(28-38-20-17-18-21-42(38)60)59(74)79-33-39-23-24-41(75-10)31-46(39)76-11/h17-18,20-21,23-26,31,34-37,40,43-45,47,52-55H,14-16,19,22,27-30,32-33H2,1-13H3,(H,61,71)(H,62,72)/t36-,37+,40-,43-,44-,45-,47+,52-,53-,54?,55+/m0/s1. The van der Waals surface area contributed by atoms with Gasteiger partial charge in [0, 0.05) is 77.5 Å². The number of likely N-dealkylation sites (tertiary alicyclic amines) is 1. The second kappa shape index (κ2) is 29.2. The van der Waals surface area contributed by atoms with E-state index in [1.165, 1.54) is 68.6 Å². The lowest BCUT2D eigenvalue weighted by Crippen LogP contribution is -2.60. The molecule has 79 heavy (non-hydrogen) atoms. The second-order valence-electron chi connectivity index (χ2n) is 22.0. The van der Waals surface area contributed by atoms with Gasteiger partial charge in [0.05, 0.1) is 50.8 Å². The molecule has 2 fully saturated rings. The van der Waals surface area contributed by atoms with Crippen LogP contribution in [0.5, 0.6) is 11.5 Å². The van der Waals surface area contributed by atoms with Gasteiger partial charge in [-0.1, -0.05) is 79.5 Å². The lowest BCUT2D eigenvalue weighted by molar-refractivity contribution is -0.151. The van der Waals surface area contributed by atoms with Crippen molar-refractivity contribution in [3.63, 3.8) is 0 Å². The zero-order valence-electron chi connectivity index (χ0n) is 48.5. The van der Waals surface area contributed by atoms with Crippen LogP contribution in [0.25, 0.3) is 0 Å². The minimum absolute atomic E-state index is 0.0982. The SMILES string of the molecule is CC[C@H](C)C([C@@H](CC(=O)N1[C@H]2C[C@H]2C[C@H]1[C@H](OC)[C@@H](C)C(=O)N[C@@H](Cc1ccccc1F)C(=O)OCc1ccc(OC)cc1OC)OC)N(C)C(=O)[C@@H](NC(=O)[C@H](C(C)C)N(C)C(=O)CCCCCN1C(=O)C=CC1=O)C(C)C. The molecule has 2 aromatic rings. The highest BCUT2D eigenvalue weighted by atomic mass is 19.1. The molecule has 7 amide bonds. The molecule has 2 heterocycles. The largest absolute Gasteiger partial charge is 0.497 e. The summed E-state index contributed by atoms with van der Waals surface area (Å²) in [6.45, 7) is 13.0. The summed E-state index contributed by atoms with van der Waals surface area (Å²) in [5.74, 6) is -4.59. The minimum atomic E-state index is -1.30. The maximum absolute atomic E-state index is 15.1. The molecule has 19 nitrogen and oxygen atoms in total. The maximum Gasteiger partial charge on any atom is 0.329 e. The highest BCUT2D eigenvalue weighted by Crippen LogP contribution is 2.50. The summed E-state index contributed by atoms with van der Waals surface area (Å²) in [6.07, 6.45) is 4.30. The van der Waals surface area contributed by atoms with Crippen molar-refractivity contribution in [2.75, 3.05) is 49.1 Å². The van der Waals surface area contributed by atoms with Crippen LogP contribution in [-0.4, -0.2) is 164 Å². The minimum Gasteiger partial charge on any atom is -0.497 e. The van der Waals surface area contributed by atoms with Crippen LogP contribution < -0.4 is 20.1 Å². The van der Waals surface area contributed by atoms with Crippen LogP contribution in [0.1, 0.15) is 111 Å². The van der Waals surface area contributed by atoms with Crippen LogP contribution in [-0.2, 0) is 65.6 Å². The number of carbonyl (C=O) groups excluding carboxylic acids is 8. The number of likely N-dealkylation sites (N-methyl/N-ethyl adjacent to an activating group) is 2. The number of halogens is 1. The van der Waals surface area contributed by atoms with Gasteiger partial charge in [-0.05, 0) is 73.1 Å². The molecule has 11 atom stereocenters. The summed E-state index contributed by atoms with van der Waals surface area (Å²) in [5, 5.41) is 5.80. The molecular formula is C59H85FN6O13. The van der Waals surface area contributed by atoms with Crippen molar-refractivity contribution in [1.29, 1.82) is 0 Å². The van der Waals surface area contributed by atoms with Gasteiger partial charge in [0.2, 0.25) is 29.5 Å². The Kier molecular flexibility index (Phi) is 23.4. The molecule has 0 bridgehead atoms. The Morgan fingerprint density at radius 3 is 2.06 bits per heavy atom. The molecule has 0 spiro atoms. The van der Waals surface area contributed by atoms with Gasteiger partial charge in [-0.2, -0.15) is 0 Å². The first-order valence-electron chi connectivity index (χ1n) is 27.7. The van der Waals surface area contributed by atoms with E-state index in [9.17, 15) is 38.4 Å². The second-order valence-corrected chi connectivity index (χ2v) is 22.0. The normalized spacial score (nSPS) is 19.7. The molecule has 2 N–H and O–H groups in total. The van der Waals surface area contributed by atoms with Crippen molar-refractivity contribution < 1.29 is 66.4 Å². The summed E-state index contributed by atoms with van der Waals surface area (Å²) < 4.78 is 43.8. The molecule has 5 rings (SSSR count). The van der Waals surface area contributed by atoms with Gasteiger partial charge in [-0.25, -0.2) is 9.18 Å². The van der Waals surface area contributed by atoms with Gasteiger partial charge in [0.15, 0.2) is 0 Å². The zero-order valence-corrected chi connectivity index (χ0v) is 48.5. The number of rotatable bonds is 31. The van der Waals surface area contributed by atoms with E-state index in [1.54, 1.807) is 55.1 Å². The third-order valence-electron chi connectivity index (χ3n) is 16.0. The summed E-state index contributed by atoms with van der Waals surface area (Å²) in [7, 11) is 9.20. The lowest BCUT2D eigenvalue weighted by atomic mass is 9.89. The fourth-order valence-corrected chi connectivity index (χ4v) is 11.2. The number of ether oxygens (including phenoxy) is 5. The number of nitrogens with zero attached hydrogens (tertiary/aromatic N) is 4. The predicted molar refractivity (Wildman–Crippen MR) is 292 cm³/mol. The number of amides is 7. The third-order valence-corrected chi connectivity index (χ3v) is 16.0. The molecule has 2 aromatic carbocycles. The molecule has 1 saturated heterocycles. The molecular weight excluding hydrogens is 1020 g/mol. The predicted octanol–water partition coefficient (Wildman–Crippen LogP) is 5.64. The Morgan fingerprint density at radius 2 is 1.47 bits per heavy atom. The number of hydrogen-bond acceptors (Lipinski definition) is 13. The van der Waals surface area contributed by atoms with Gasteiger partial charge in [0.1, 0.15) is 42.0 Å². The highest BCUT2D eigenvalue weighted by Gasteiger charge is 2.57. The van der Waals surface area contributed by atoms with Crippen molar-refractivity contribution in [1.82, 2.24) is 30.2 Å². The van der Waals surface area contributed by atoms with Crippen molar-refractivity contribution >= 4 is 47.3 Å². The molecule has 1 aliphatic carbocycles. The van der Waals surface area contributed by atoms with E-state index >= 15 is 4.39 Å². The Bertz CT molecular complexity index is 2490. The van der Waals surface area contributed by atoms with Crippen molar-refractivity contribution in [3.8, 4) is 11.5 Å². The van der Waals surface area contributed by atoms with E-state index in [4.69, 9.17) is 23.7 Å². The van der Waals surface area contributed by atoms with Gasteiger partial charge in [-0.15, -0.1) is 0 Å². The summed E-state index contributed by atoms with van der Waals surface area (Å²) in [6, 6.07) is 6.57. The van der Waals surface area contributed by atoms with Crippen LogP contribution in [0.4, 0.5) is 4.39 Å². The van der Waals surface area contributed by atoms with Gasteiger partial charge in [-0.3, -0.25) is 38.5 Å². The number of piperidine rings is 1. The van der Waals surface area contributed by atoms with E-state index < -0.39 is 71.9 Å². The van der Waals surface area contributed by atoms with Crippen LogP contribution >= 0.6 is 0 Å². The van der Waals surface area contributed by atoms with Crippen molar-refractivity contribution in [3.05, 3.63) is 71.6 Å². The summed E-state index contributed by atoms with van der Waals surface area (Å²) in [5.41, 5.74) is 0.738. The maximum atomic E-state index is 15.1. The van der Waals surface area contributed by atoms with Crippen LogP contribution in [0.3, 0.4) is 0 Å². The lowest BCUT2D eigenvalue weighted by Gasteiger charge is -2.41. The molecule has 1 unspecified atom stereocenters. The molecule has 0 radical (unpaired) electrons. The number of nitrogens with one attached hydrogen (secondary N) is 2. The number of methoxy groups -OCH3 is 4. The molecule has 20 heteroatoms. The van der Waals surface area contributed by atoms with Gasteiger partial charge in [0.25, 0.3) is 11.8 Å². The van der Waals surface area contributed by atoms with Crippen LogP contribution in [0.15, 0.2) is 54.6 Å². The Morgan fingerprint density at radius 1 is 0.785 bits per heavy atom. The molecule has 2 aliphatic heterocycles. The van der Waals surface area contributed by atoms with Crippen LogP contribution in [0.2, 0.25) is 0 Å². The first-order chi connectivity index (χ1) is 37.5. The zero-order chi connectivity index (χ0) is 58.4. The van der Waals surface area contributed by atoms with E-state index in [2.05, 4.69) is 10.6 Å².